The summed E-state index contributed by atoms with van der Waals surface area (Å²) < 4.78 is 52.4. The zero-order valence-corrected chi connectivity index (χ0v) is 19.8. The molecular weight excluding hydrogens is 490 g/mol. The quantitative estimate of drug-likeness (QED) is 0.579. The molecule has 2 aliphatic rings. The average Bonchev–Trinajstić information content (AvgIpc) is 3.33. The van der Waals surface area contributed by atoms with Crippen LogP contribution in [0.5, 0.6) is 0 Å². The second kappa shape index (κ2) is 8.90. The minimum absolute atomic E-state index is 0.0187. The van der Waals surface area contributed by atoms with Crippen molar-refractivity contribution in [3.63, 3.8) is 0 Å². The molecule has 1 saturated carbocycles. The van der Waals surface area contributed by atoms with E-state index in [1.165, 1.54) is 29.2 Å². The Morgan fingerprint density at radius 2 is 1.91 bits per heavy atom. The maximum atomic E-state index is 14.6. The van der Waals surface area contributed by atoms with Crippen molar-refractivity contribution >= 4 is 33.3 Å². The monoisotopic (exact) mass is 512 g/mol. The number of nitrogens with zero attached hydrogens (tertiary/aromatic N) is 1. The van der Waals surface area contributed by atoms with Crippen LogP contribution in [0, 0.1) is 11.6 Å². The predicted octanol–water partition coefficient (Wildman–Crippen LogP) is 3.01. The van der Waals surface area contributed by atoms with Gasteiger partial charge in [0.05, 0.1) is 21.6 Å². The molecular formula is C23H23ClF2N2O5S. The van der Waals surface area contributed by atoms with Gasteiger partial charge in [-0.2, -0.15) is 0 Å². The Hall–Kier alpha value is -2.56. The van der Waals surface area contributed by atoms with Crippen LogP contribution in [0.2, 0.25) is 5.02 Å². The standard InChI is InChI=1S/C23H23ClF2N2O5S/c1-34(32,33)14-5-2-4-13(10-14)22(30)28-9-3-6-19(28)21(29)27-20(23(31)7-8-23)15-11-18(26)16(24)12-17(15)25/h2,4-5,10-12,19-20,31H,3,6-9H2,1H3,(H,27,29)/t19-,20+/m1/s1. The molecule has 4 rings (SSSR count). The number of carbonyl (C=O) groups is 2. The van der Waals surface area contributed by atoms with Crippen molar-refractivity contribution < 1.29 is 31.9 Å². The summed E-state index contributed by atoms with van der Waals surface area (Å²) in [6, 6.07) is 5.05. The first kappa shape index (κ1) is 24.6. The summed E-state index contributed by atoms with van der Waals surface area (Å²) in [6.07, 6.45) is 2.45. The van der Waals surface area contributed by atoms with Crippen LogP contribution in [0.15, 0.2) is 41.3 Å². The van der Waals surface area contributed by atoms with E-state index < -0.39 is 56.0 Å². The van der Waals surface area contributed by atoms with E-state index in [1.54, 1.807) is 0 Å². The highest BCUT2D eigenvalue weighted by Gasteiger charge is 2.51. The van der Waals surface area contributed by atoms with Crippen LogP contribution in [0.25, 0.3) is 0 Å². The van der Waals surface area contributed by atoms with Crippen LogP contribution in [-0.4, -0.2) is 54.7 Å². The van der Waals surface area contributed by atoms with Crippen LogP contribution >= 0.6 is 11.6 Å². The van der Waals surface area contributed by atoms with Crippen LogP contribution in [0.3, 0.4) is 0 Å². The normalized spacial score (nSPS) is 20.1. The van der Waals surface area contributed by atoms with Crippen molar-refractivity contribution in [2.45, 2.75) is 48.3 Å². The van der Waals surface area contributed by atoms with Crippen molar-refractivity contribution in [1.82, 2.24) is 10.2 Å². The summed E-state index contributed by atoms with van der Waals surface area (Å²) in [7, 11) is -3.53. The third kappa shape index (κ3) is 4.80. The highest BCUT2D eigenvalue weighted by molar-refractivity contribution is 7.90. The summed E-state index contributed by atoms with van der Waals surface area (Å²) in [5, 5.41) is 12.9. The summed E-state index contributed by atoms with van der Waals surface area (Å²) in [6.45, 7) is 0.263. The molecule has 34 heavy (non-hydrogen) atoms. The molecule has 2 N–H and O–H groups in total. The molecule has 0 aromatic heterocycles. The maximum absolute atomic E-state index is 14.6. The van der Waals surface area contributed by atoms with Crippen molar-refractivity contribution in [1.29, 1.82) is 0 Å². The zero-order chi connectivity index (χ0) is 24.8. The number of benzene rings is 2. The lowest BCUT2D eigenvalue weighted by Crippen LogP contribution is -2.49. The lowest BCUT2D eigenvalue weighted by molar-refractivity contribution is -0.126. The third-order valence-electron chi connectivity index (χ3n) is 6.26. The number of carbonyl (C=O) groups excluding carboxylic acids is 2. The Morgan fingerprint density at radius 3 is 2.56 bits per heavy atom. The molecule has 2 aromatic rings. The predicted molar refractivity (Wildman–Crippen MR) is 120 cm³/mol. The average molecular weight is 513 g/mol. The minimum Gasteiger partial charge on any atom is -0.387 e. The van der Waals surface area contributed by atoms with E-state index in [2.05, 4.69) is 5.32 Å². The van der Waals surface area contributed by atoms with Gasteiger partial charge in [-0.15, -0.1) is 0 Å². The van der Waals surface area contributed by atoms with Gasteiger partial charge in [0.2, 0.25) is 5.91 Å². The fraction of sp³-hybridized carbons (Fsp3) is 0.391. The Labute approximate surface area is 200 Å². The van der Waals surface area contributed by atoms with Crippen LogP contribution in [-0.2, 0) is 14.6 Å². The Balaban J connectivity index is 1.58. The van der Waals surface area contributed by atoms with E-state index in [0.717, 1.165) is 18.4 Å². The number of sulfone groups is 1. The largest absolute Gasteiger partial charge is 0.387 e. The van der Waals surface area contributed by atoms with Gasteiger partial charge in [0.1, 0.15) is 17.7 Å². The smallest absolute Gasteiger partial charge is 0.254 e. The molecule has 0 bridgehead atoms. The van der Waals surface area contributed by atoms with Crippen molar-refractivity contribution in [3.05, 3.63) is 64.2 Å². The number of amides is 2. The van der Waals surface area contributed by atoms with E-state index in [9.17, 15) is 31.9 Å². The van der Waals surface area contributed by atoms with Gasteiger partial charge >= 0.3 is 0 Å². The first-order valence-corrected chi connectivity index (χ1v) is 13.0. The molecule has 11 heteroatoms. The number of hydrogen-bond acceptors (Lipinski definition) is 5. The molecule has 2 amide bonds. The summed E-state index contributed by atoms with van der Waals surface area (Å²) in [5.41, 5.74) is -1.55. The van der Waals surface area contributed by atoms with Crippen LogP contribution < -0.4 is 5.32 Å². The molecule has 1 aliphatic heterocycles. The van der Waals surface area contributed by atoms with Crippen molar-refractivity contribution in [2.24, 2.45) is 0 Å². The van der Waals surface area contributed by atoms with Gasteiger partial charge < -0.3 is 15.3 Å². The van der Waals surface area contributed by atoms with Gasteiger partial charge in [-0.25, -0.2) is 17.2 Å². The van der Waals surface area contributed by atoms with E-state index in [-0.39, 0.29) is 35.4 Å². The minimum atomic E-state index is -3.53. The van der Waals surface area contributed by atoms with Crippen LogP contribution in [0.4, 0.5) is 8.78 Å². The molecule has 0 unspecified atom stereocenters. The molecule has 0 radical (unpaired) electrons. The molecule has 1 heterocycles. The van der Waals surface area contributed by atoms with Gasteiger partial charge in [-0.1, -0.05) is 17.7 Å². The van der Waals surface area contributed by atoms with E-state index in [0.29, 0.717) is 12.8 Å². The van der Waals surface area contributed by atoms with E-state index in [1.807, 2.05) is 0 Å². The lowest BCUT2D eigenvalue weighted by atomic mass is 9.98. The Bertz CT molecular complexity index is 1270. The van der Waals surface area contributed by atoms with Gasteiger partial charge in [-0.3, -0.25) is 9.59 Å². The topological polar surface area (TPSA) is 104 Å². The van der Waals surface area contributed by atoms with Crippen molar-refractivity contribution in [3.8, 4) is 0 Å². The van der Waals surface area contributed by atoms with Gasteiger partial charge in [0, 0.05) is 23.9 Å². The zero-order valence-electron chi connectivity index (χ0n) is 18.2. The molecule has 182 valence electrons. The molecule has 7 nitrogen and oxygen atoms in total. The first-order valence-electron chi connectivity index (χ1n) is 10.7. The van der Waals surface area contributed by atoms with E-state index in [4.69, 9.17) is 11.6 Å². The van der Waals surface area contributed by atoms with Gasteiger partial charge in [0.15, 0.2) is 9.84 Å². The Kier molecular flexibility index (Phi) is 6.43. The molecule has 1 saturated heterocycles. The van der Waals surface area contributed by atoms with E-state index >= 15 is 0 Å². The number of nitrogens with one attached hydrogen (secondary N) is 1. The fourth-order valence-corrected chi connectivity index (χ4v) is 5.04. The molecule has 1 aliphatic carbocycles. The number of halogens is 3. The maximum Gasteiger partial charge on any atom is 0.254 e. The number of aliphatic hydroxyl groups is 1. The number of rotatable bonds is 6. The van der Waals surface area contributed by atoms with Crippen molar-refractivity contribution in [2.75, 3.05) is 12.8 Å². The summed E-state index contributed by atoms with van der Waals surface area (Å²) >= 11 is 5.63. The second-order valence-corrected chi connectivity index (χ2v) is 11.2. The molecule has 2 atom stereocenters. The summed E-state index contributed by atoms with van der Waals surface area (Å²) in [5.74, 6) is -2.89. The molecule has 0 spiro atoms. The summed E-state index contributed by atoms with van der Waals surface area (Å²) in [4.78, 5) is 27.6. The van der Waals surface area contributed by atoms with Crippen LogP contribution in [0.1, 0.15) is 47.6 Å². The molecule has 2 fully saturated rings. The highest BCUT2D eigenvalue weighted by Crippen LogP contribution is 2.47. The lowest BCUT2D eigenvalue weighted by Gasteiger charge is -2.29. The first-order chi connectivity index (χ1) is 15.9. The highest BCUT2D eigenvalue weighted by atomic mass is 35.5. The Morgan fingerprint density at radius 1 is 1.21 bits per heavy atom. The third-order valence-corrected chi connectivity index (χ3v) is 7.66. The SMILES string of the molecule is CS(=O)(=O)c1cccc(C(=O)N2CCC[C@@H]2C(=O)N[C@@H](c2cc(F)c(Cl)cc2F)C2(O)CC2)c1. The fourth-order valence-electron chi connectivity index (χ4n) is 4.22. The number of likely N-dealkylation sites (tertiary alicyclic amines) is 1. The molecule has 2 aromatic carbocycles. The number of hydrogen-bond donors (Lipinski definition) is 2. The van der Waals surface area contributed by atoms with Gasteiger partial charge in [-0.05, 0) is 56.0 Å². The second-order valence-electron chi connectivity index (χ2n) is 8.79. The van der Waals surface area contributed by atoms with Gasteiger partial charge in [0.25, 0.3) is 5.91 Å².